The predicted octanol–water partition coefficient (Wildman–Crippen LogP) is 9.04. The highest BCUT2D eigenvalue weighted by Crippen LogP contribution is 2.48. The number of benzene rings is 4. The summed E-state index contributed by atoms with van der Waals surface area (Å²) in [4.78, 5) is 11.3. The minimum absolute atomic E-state index is 0.129. The summed E-state index contributed by atoms with van der Waals surface area (Å²) in [5, 5.41) is 9.31. The van der Waals surface area contributed by atoms with E-state index < -0.39 is 5.97 Å². The summed E-state index contributed by atoms with van der Waals surface area (Å²) in [7, 11) is 0. The first-order valence-electron chi connectivity index (χ1n) is 12.8. The third-order valence-electron chi connectivity index (χ3n) is 8.06. The minimum atomic E-state index is -0.906. The zero-order valence-corrected chi connectivity index (χ0v) is 21.9. The second-order valence-electron chi connectivity index (χ2n) is 11.5. The highest BCUT2D eigenvalue weighted by atomic mass is 16.4. The Bertz CT molecular complexity index is 1440. The van der Waals surface area contributed by atoms with Crippen molar-refractivity contribution in [3.63, 3.8) is 0 Å². The summed E-state index contributed by atoms with van der Waals surface area (Å²) in [5.74, 6) is -0.906. The van der Waals surface area contributed by atoms with Gasteiger partial charge in [0.05, 0.1) is 5.56 Å². The molecule has 1 N–H and O–H groups in total. The fraction of sp³-hybridized carbons (Fsp3) is 0.265. The normalized spacial score (nSPS) is 15.8. The van der Waals surface area contributed by atoms with Crippen molar-refractivity contribution in [2.75, 3.05) is 0 Å². The lowest BCUT2D eigenvalue weighted by molar-refractivity contribution is 0.0697. The van der Waals surface area contributed by atoms with E-state index in [-0.39, 0.29) is 10.8 Å². The molecule has 0 aromatic heterocycles. The molecule has 0 heterocycles. The number of aromatic carboxylic acids is 1. The van der Waals surface area contributed by atoms with E-state index in [2.05, 4.69) is 95.3 Å². The molecule has 0 amide bonds. The summed E-state index contributed by atoms with van der Waals surface area (Å²) < 4.78 is 0. The number of rotatable bonds is 4. The average molecular weight is 475 g/mol. The monoisotopic (exact) mass is 474 g/mol. The molecule has 2 nitrogen and oxygen atoms in total. The molecular formula is C34H34O2. The Balaban J connectivity index is 1.74. The Labute approximate surface area is 214 Å². The Morgan fingerprint density at radius 2 is 1.22 bits per heavy atom. The number of carboxylic acids is 1. The number of carbonyl (C=O) groups is 1. The van der Waals surface area contributed by atoms with Gasteiger partial charge in [0, 0.05) is 0 Å². The van der Waals surface area contributed by atoms with Gasteiger partial charge in [0.2, 0.25) is 0 Å². The maximum Gasteiger partial charge on any atom is 0.335 e. The van der Waals surface area contributed by atoms with Gasteiger partial charge >= 0.3 is 5.97 Å². The molecule has 4 aromatic rings. The molecule has 0 radical (unpaired) electrons. The quantitative estimate of drug-likeness (QED) is 0.320. The van der Waals surface area contributed by atoms with Gasteiger partial charge < -0.3 is 5.11 Å². The summed E-state index contributed by atoms with van der Waals surface area (Å²) in [5.41, 5.74) is 11.8. The third kappa shape index (κ3) is 4.26. The third-order valence-corrected chi connectivity index (χ3v) is 8.06. The molecule has 0 aliphatic heterocycles. The Kier molecular flexibility index (Phi) is 5.87. The lowest BCUT2D eigenvalue weighted by atomic mass is 9.62. The molecule has 36 heavy (non-hydrogen) atoms. The summed E-state index contributed by atoms with van der Waals surface area (Å²) in [6, 6.07) is 29.2. The number of carboxylic acid groups (broad SMARTS) is 1. The van der Waals surface area contributed by atoms with E-state index in [1.54, 1.807) is 12.1 Å². The van der Waals surface area contributed by atoms with Gasteiger partial charge in [-0.05, 0) is 98.9 Å². The molecule has 2 heteroatoms. The van der Waals surface area contributed by atoms with Crippen LogP contribution >= 0.6 is 0 Å². The van der Waals surface area contributed by atoms with Crippen LogP contribution in [0.3, 0.4) is 0 Å². The van der Waals surface area contributed by atoms with Gasteiger partial charge in [0.25, 0.3) is 0 Å². The van der Waals surface area contributed by atoms with Crippen LogP contribution in [0, 0.1) is 6.92 Å². The molecule has 0 saturated heterocycles. The molecule has 4 aromatic carbocycles. The first-order valence-corrected chi connectivity index (χ1v) is 12.8. The number of hydrogen-bond acceptors (Lipinski definition) is 1. The van der Waals surface area contributed by atoms with Crippen LogP contribution < -0.4 is 0 Å². The van der Waals surface area contributed by atoms with Crippen LogP contribution in [0.4, 0.5) is 0 Å². The van der Waals surface area contributed by atoms with E-state index in [4.69, 9.17) is 0 Å². The first-order chi connectivity index (χ1) is 17.1. The molecule has 0 fully saturated rings. The smallest absolute Gasteiger partial charge is 0.335 e. The van der Waals surface area contributed by atoms with Crippen LogP contribution in [0.15, 0.2) is 84.9 Å². The van der Waals surface area contributed by atoms with Crippen LogP contribution in [0.1, 0.15) is 67.6 Å². The highest BCUT2D eigenvalue weighted by molar-refractivity contribution is 5.90. The molecule has 1 aliphatic rings. The van der Waals surface area contributed by atoms with E-state index in [0.717, 1.165) is 11.1 Å². The maximum atomic E-state index is 11.3. The van der Waals surface area contributed by atoms with Gasteiger partial charge in [-0.2, -0.15) is 0 Å². The van der Waals surface area contributed by atoms with Crippen molar-refractivity contribution in [1.82, 2.24) is 0 Å². The number of hydrogen-bond donors (Lipinski definition) is 1. The highest BCUT2D eigenvalue weighted by Gasteiger charge is 2.37. The zero-order valence-electron chi connectivity index (χ0n) is 21.9. The van der Waals surface area contributed by atoms with Crippen molar-refractivity contribution in [3.05, 3.63) is 107 Å². The molecule has 0 saturated carbocycles. The summed E-state index contributed by atoms with van der Waals surface area (Å²) >= 11 is 0. The van der Waals surface area contributed by atoms with Crippen molar-refractivity contribution in [3.8, 4) is 33.4 Å². The number of fused-ring (bicyclic) bond motifs is 1. The van der Waals surface area contributed by atoms with Gasteiger partial charge in [-0.15, -0.1) is 0 Å². The van der Waals surface area contributed by atoms with Gasteiger partial charge in [0.1, 0.15) is 0 Å². The van der Waals surface area contributed by atoms with E-state index in [1.165, 1.54) is 51.8 Å². The standard InChI is InChI=1S/C34H34O2/c1-22-19-30-31(34(4,5)18-17-33(30,2)3)21-28(22)29-20-26(23-11-13-25(14-12-23)32(35)36)15-16-27(29)24-9-7-6-8-10-24/h6-16,19-21H,17-18H2,1-5H3,(H,35,36). The fourth-order valence-electron chi connectivity index (χ4n) is 5.63. The summed E-state index contributed by atoms with van der Waals surface area (Å²) in [6.07, 6.45) is 2.37. The number of aryl methyl sites for hydroxylation is 1. The van der Waals surface area contributed by atoms with E-state index in [9.17, 15) is 9.90 Å². The maximum absolute atomic E-state index is 11.3. The van der Waals surface area contributed by atoms with Crippen LogP contribution in [0.5, 0.6) is 0 Å². The minimum Gasteiger partial charge on any atom is -0.478 e. The second kappa shape index (κ2) is 8.78. The predicted molar refractivity (Wildman–Crippen MR) is 150 cm³/mol. The van der Waals surface area contributed by atoms with Crippen LogP contribution in [0.2, 0.25) is 0 Å². The Morgan fingerprint density at radius 3 is 1.83 bits per heavy atom. The molecule has 182 valence electrons. The van der Waals surface area contributed by atoms with Gasteiger partial charge in [-0.1, -0.05) is 94.4 Å². The molecule has 5 rings (SSSR count). The molecule has 1 aliphatic carbocycles. The van der Waals surface area contributed by atoms with Crippen molar-refractivity contribution in [2.45, 2.75) is 58.3 Å². The lowest BCUT2D eigenvalue weighted by Gasteiger charge is -2.42. The fourth-order valence-corrected chi connectivity index (χ4v) is 5.63. The van der Waals surface area contributed by atoms with Crippen molar-refractivity contribution in [2.24, 2.45) is 0 Å². The van der Waals surface area contributed by atoms with Crippen LogP contribution in [-0.4, -0.2) is 11.1 Å². The molecule has 0 spiro atoms. The van der Waals surface area contributed by atoms with Crippen LogP contribution in [-0.2, 0) is 10.8 Å². The second-order valence-corrected chi connectivity index (χ2v) is 11.5. The molecule has 0 atom stereocenters. The summed E-state index contributed by atoms with van der Waals surface area (Å²) in [6.45, 7) is 11.7. The molecule has 0 unspecified atom stereocenters. The molecule has 0 bridgehead atoms. The van der Waals surface area contributed by atoms with Gasteiger partial charge in [-0.25, -0.2) is 4.79 Å². The Morgan fingerprint density at radius 1 is 0.639 bits per heavy atom. The average Bonchev–Trinajstić information content (AvgIpc) is 2.87. The first kappa shape index (κ1) is 24.1. The lowest BCUT2D eigenvalue weighted by Crippen LogP contribution is -2.34. The topological polar surface area (TPSA) is 37.3 Å². The largest absolute Gasteiger partial charge is 0.478 e. The van der Waals surface area contributed by atoms with Crippen molar-refractivity contribution in [1.29, 1.82) is 0 Å². The SMILES string of the molecule is Cc1cc2c(cc1-c1cc(-c3ccc(C(=O)O)cc3)ccc1-c1ccccc1)C(C)(C)CCC2(C)C. The molecular weight excluding hydrogens is 440 g/mol. The van der Waals surface area contributed by atoms with Crippen molar-refractivity contribution >= 4 is 5.97 Å². The van der Waals surface area contributed by atoms with E-state index in [1.807, 2.05) is 12.1 Å². The van der Waals surface area contributed by atoms with Crippen LogP contribution in [0.25, 0.3) is 33.4 Å². The zero-order chi connectivity index (χ0) is 25.7. The van der Waals surface area contributed by atoms with E-state index in [0.29, 0.717) is 5.56 Å². The van der Waals surface area contributed by atoms with Gasteiger partial charge in [-0.3, -0.25) is 0 Å². The Hall–Kier alpha value is -3.65. The van der Waals surface area contributed by atoms with Gasteiger partial charge in [0.15, 0.2) is 0 Å². The van der Waals surface area contributed by atoms with Crippen molar-refractivity contribution < 1.29 is 9.90 Å². The van der Waals surface area contributed by atoms with E-state index >= 15 is 0 Å².